The second-order valence-corrected chi connectivity index (χ2v) is 4.39. The monoisotopic (exact) mass is 276 g/mol. The summed E-state index contributed by atoms with van der Waals surface area (Å²) in [6, 6.07) is 1.75. The van der Waals surface area contributed by atoms with Gasteiger partial charge in [-0.25, -0.2) is 9.97 Å². The molecule has 0 unspecified atom stereocenters. The van der Waals surface area contributed by atoms with E-state index in [4.69, 9.17) is 0 Å². The largest absolute Gasteiger partial charge is 0.401 e. The zero-order valence-electron chi connectivity index (χ0n) is 11.4. The van der Waals surface area contributed by atoms with E-state index in [0.29, 0.717) is 24.6 Å². The molecule has 108 valence electrons. The van der Waals surface area contributed by atoms with Crippen molar-refractivity contribution in [2.45, 2.75) is 33.0 Å². The Morgan fingerprint density at radius 2 is 2.00 bits per heavy atom. The Hall–Kier alpha value is -1.37. The van der Waals surface area contributed by atoms with Crippen LogP contribution >= 0.6 is 0 Å². The fourth-order valence-corrected chi connectivity index (χ4v) is 1.81. The van der Waals surface area contributed by atoms with E-state index >= 15 is 0 Å². The van der Waals surface area contributed by atoms with E-state index < -0.39 is 12.7 Å². The van der Waals surface area contributed by atoms with Crippen molar-refractivity contribution in [3.8, 4) is 0 Å². The molecule has 0 saturated carbocycles. The van der Waals surface area contributed by atoms with Crippen LogP contribution in [-0.2, 0) is 6.54 Å². The molecule has 1 heterocycles. The highest BCUT2D eigenvalue weighted by Gasteiger charge is 2.30. The first-order valence-electron chi connectivity index (χ1n) is 6.15. The lowest BCUT2D eigenvalue weighted by Gasteiger charge is -2.22. The number of hydrogen-bond donors (Lipinski definition) is 1. The van der Waals surface area contributed by atoms with Crippen molar-refractivity contribution in [2.24, 2.45) is 0 Å². The summed E-state index contributed by atoms with van der Waals surface area (Å²) in [5.41, 5.74) is 0.734. The van der Waals surface area contributed by atoms with Crippen molar-refractivity contribution in [2.75, 3.05) is 25.5 Å². The van der Waals surface area contributed by atoms with Gasteiger partial charge in [0.1, 0.15) is 11.6 Å². The average molecular weight is 276 g/mol. The van der Waals surface area contributed by atoms with Crippen LogP contribution in [0.25, 0.3) is 0 Å². The maximum Gasteiger partial charge on any atom is 0.401 e. The Morgan fingerprint density at radius 3 is 2.53 bits per heavy atom. The Bertz CT molecular complexity index is 406. The van der Waals surface area contributed by atoms with Crippen LogP contribution in [0.1, 0.15) is 24.9 Å². The molecule has 0 bridgehead atoms. The SMILES string of the molecule is CCCN(Cc1nc(C)cc(NC)n1)CC(F)(F)F. The Morgan fingerprint density at radius 1 is 1.32 bits per heavy atom. The van der Waals surface area contributed by atoms with Gasteiger partial charge in [0.15, 0.2) is 0 Å². The summed E-state index contributed by atoms with van der Waals surface area (Å²) in [7, 11) is 1.71. The van der Waals surface area contributed by atoms with Crippen LogP contribution in [0.15, 0.2) is 6.07 Å². The number of anilines is 1. The number of nitrogens with one attached hydrogen (secondary N) is 1. The van der Waals surface area contributed by atoms with Gasteiger partial charge in [-0.3, -0.25) is 4.90 Å². The molecule has 0 aliphatic rings. The summed E-state index contributed by atoms with van der Waals surface area (Å²) in [5.74, 6) is 1.02. The third-order valence-corrected chi connectivity index (χ3v) is 2.46. The van der Waals surface area contributed by atoms with Crippen LogP contribution < -0.4 is 5.32 Å². The van der Waals surface area contributed by atoms with E-state index in [2.05, 4.69) is 15.3 Å². The van der Waals surface area contributed by atoms with Crippen molar-refractivity contribution in [1.82, 2.24) is 14.9 Å². The molecule has 0 aromatic carbocycles. The average Bonchev–Trinajstić information content (AvgIpc) is 2.26. The second kappa shape index (κ2) is 6.70. The summed E-state index contributed by atoms with van der Waals surface area (Å²) in [4.78, 5) is 9.66. The maximum absolute atomic E-state index is 12.5. The Labute approximate surface area is 111 Å². The second-order valence-electron chi connectivity index (χ2n) is 4.39. The van der Waals surface area contributed by atoms with Gasteiger partial charge in [0.05, 0.1) is 13.1 Å². The molecule has 1 rings (SSSR count). The highest BCUT2D eigenvalue weighted by Crippen LogP contribution is 2.18. The first-order valence-corrected chi connectivity index (χ1v) is 6.15. The normalized spacial score (nSPS) is 11.9. The molecule has 0 aliphatic heterocycles. The minimum atomic E-state index is -4.20. The van der Waals surface area contributed by atoms with Gasteiger partial charge in [0.2, 0.25) is 0 Å². The van der Waals surface area contributed by atoms with Gasteiger partial charge in [-0.1, -0.05) is 6.92 Å². The fourth-order valence-electron chi connectivity index (χ4n) is 1.81. The van der Waals surface area contributed by atoms with Crippen molar-refractivity contribution in [3.63, 3.8) is 0 Å². The lowest BCUT2D eigenvalue weighted by Crippen LogP contribution is -2.35. The molecule has 7 heteroatoms. The van der Waals surface area contributed by atoms with Crippen molar-refractivity contribution in [1.29, 1.82) is 0 Å². The third-order valence-electron chi connectivity index (χ3n) is 2.46. The minimum absolute atomic E-state index is 0.101. The van der Waals surface area contributed by atoms with Gasteiger partial charge in [0, 0.05) is 18.8 Å². The van der Waals surface area contributed by atoms with Crippen LogP contribution in [0.4, 0.5) is 19.0 Å². The standard InChI is InChI=1S/C12H19F3N4/c1-4-5-19(8-12(13,14)15)7-11-17-9(2)6-10(16-3)18-11/h6H,4-5,7-8H2,1-3H3,(H,16,17,18). The summed E-state index contributed by atoms with van der Waals surface area (Å²) in [6.45, 7) is 3.17. The van der Waals surface area contributed by atoms with Gasteiger partial charge >= 0.3 is 6.18 Å². The van der Waals surface area contributed by atoms with Crippen LogP contribution in [-0.4, -0.2) is 41.2 Å². The molecule has 0 radical (unpaired) electrons. The van der Waals surface area contributed by atoms with E-state index in [1.54, 1.807) is 20.0 Å². The van der Waals surface area contributed by atoms with Gasteiger partial charge < -0.3 is 5.32 Å². The van der Waals surface area contributed by atoms with Gasteiger partial charge in [-0.15, -0.1) is 0 Å². The maximum atomic E-state index is 12.5. The van der Waals surface area contributed by atoms with E-state index in [1.807, 2.05) is 6.92 Å². The number of aromatic nitrogens is 2. The number of hydrogen-bond acceptors (Lipinski definition) is 4. The molecule has 1 aromatic heterocycles. The van der Waals surface area contributed by atoms with E-state index in [0.717, 1.165) is 5.69 Å². The summed E-state index contributed by atoms with van der Waals surface area (Å²) < 4.78 is 37.4. The molecule has 0 saturated heterocycles. The molecular formula is C12H19F3N4. The van der Waals surface area contributed by atoms with Crippen molar-refractivity contribution in [3.05, 3.63) is 17.6 Å². The number of nitrogens with zero attached hydrogens (tertiary/aromatic N) is 3. The van der Waals surface area contributed by atoms with E-state index in [-0.39, 0.29) is 6.54 Å². The first kappa shape index (κ1) is 15.7. The molecule has 1 N–H and O–H groups in total. The number of rotatable bonds is 6. The quantitative estimate of drug-likeness (QED) is 0.867. The first-order chi connectivity index (χ1) is 8.84. The zero-order chi connectivity index (χ0) is 14.5. The molecule has 1 aromatic rings. The molecule has 19 heavy (non-hydrogen) atoms. The molecule has 0 aliphatic carbocycles. The summed E-state index contributed by atoms with van der Waals surface area (Å²) >= 11 is 0. The third kappa shape index (κ3) is 5.87. The predicted octanol–water partition coefficient (Wildman–Crippen LogP) is 2.60. The van der Waals surface area contributed by atoms with Crippen LogP contribution in [0.5, 0.6) is 0 Å². The number of halogens is 3. The van der Waals surface area contributed by atoms with Gasteiger partial charge in [-0.2, -0.15) is 13.2 Å². The van der Waals surface area contributed by atoms with E-state index in [1.165, 1.54) is 4.90 Å². The van der Waals surface area contributed by atoms with Crippen molar-refractivity contribution < 1.29 is 13.2 Å². The molecule has 0 amide bonds. The number of aryl methyl sites for hydroxylation is 1. The van der Waals surface area contributed by atoms with Gasteiger partial charge in [0.25, 0.3) is 0 Å². The molecule has 0 fully saturated rings. The van der Waals surface area contributed by atoms with Crippen molar-refractivity contribution >= 4 is 5.82 Å². The molecular weight excluding hydrogens is 257 g/mol. The summed E-state index contributed by atoms with van der Waals surface area (Å²) in [5, 5.41) is 2.87. The Kier molecular flexibility index (Phi) is 5.53. The topological polar surface area (TPSA) is 41.1 Å². The van der Waals surface area contributed by atoms with E-state index in [9.17, 15) is 13.2 Å². The predicted molar refractivity (Wildman–Crippen MR) is 67.9 cm³/mol. The minimum Gasteiger partial charge on any atom is -0.373 e. The van der Waals surface area contributed by atoms with Gasteiger partial charge in [-0.05, 0) is 19.9 Å². The van der Waals surface area contributed by atoms with Crippen LogP contribution in [0.2, 0.25) is 0 Å². The summed E-state index contributed by atoms with van der Waals surface area (Å²) in [6.07, 6.45) is -3.55. The van der Waals surface area contributed by atoms with Crippen LogP contribution in [0, 0.1) is 6.92 Å². The zero-order valence-corrected chi connectivity index (χ0v) is 11.4. The number of alkyl halides is 3. The lowest BCUT2D eigenvalue weighted by molar-refractivity contribution is -0.147. The molecule has 4 nitrogen and oxygen atoms in total. The molecule has 0 spiro atoms. The highest BCUT2D eigenvalue weighted by atomic mass is 19.4. The Balaban J connectivity index is 2.80. The lowest BCUT2D eigenvalue weighted by atomic mass is 10.3. The highest BCUT2D eigenvalue weighted by molar-refractivity contribution is 5.34. The molecule has 0 atom stereocenters. The fraction of sp³-hybridized carbons (Fsp3) is 0.667. The van der Waals surface area contributed by atoms with Crippen LogP contribution in [0.3, 0.4) is 0 Å². The smallest absolute Gasteiger partial charge is 0.373 e.